The van der Waals surface area contributed by atoms with Crippen LogP contribution in [0.4, 0.5) is 0 Å². The van der Waals surface area contributed by atoms with Crippen molar-refractivity contribution in [1.82, 2.24) is 9.78 Å². The lowest BCUT2D eigenvalue weighted by atomic mass is 10.1. The molecule has 0 saturated heterocycles. The van der Waals surface area contributed by atoms with Crippen molar-refractivity contribution in [2.24, 2.45) is 0 Å². The third-order valence-electron chi connectivity index (χ3n) is 1.57. The maximum atomic E-state index is 10.5. The van der Waals surface area contributed by atoms with Gasteiger partial charge in [-0.05, 0) is 13.8 Å². The first-order valence-corrected chi connectivity index (χ1v) is 4.11. The normalized spacial score (nSPS) is 11.0. The third kappa shape index (κ3) is 2.41. The molecule has 0 spiro atoms. The van der Waals surface area contributed by atoms with E-state index in [1.54, 1.807) is 13.8 Å². The molecular weight excluding hydrogens is 182 g/mol. The number of aliphatic hydroxyl groups is 1. The molecule has 0 aliphatic rings. The molecule has 74 valence electrons. The highest BCUT2D eigenvalue weighted by molar-refractivity contribution is 5.77. The summed E-state index contributed by atoms with van der Waals surface area (Å²) in [5.74, 6) is 0. The Bertz CT molecular complexity index is 382. The van der Waals surface area contributed by atoms with Crippen LogP contribution in [0.5, 0.6) is 0 Å². The van der Waals surface area contributed by atoms with Crippen molar-refractivity contribution in [1.29, 1.82) is 5.26 Å². The maximum Gasteiger partial charge on any atom is 0.172 e. The summed E-state index contributed by atoms with van der Waals surface area (Å²) in [5.41, 5.74) is -0.583. The van der Waals surface area contributed by atoms with Gasteiger partial charge in [0.2, 0.25) is 0 Å². The van der Waals surface area contributed by atoms with E-state index in [0.29, 0.717) is 6.29 Å². The molecule has 0 saturated carbocycles. The molecule has 1 N–H and O–H groups in total. The third-order valence-corrected chi connectivity index (χ3v) is 1.57. The Kier molecular flexibility index (Phi) is 2.68. The van der Waals surface area contributed by atoms with E-state index >= 15 is 0 Å². The Labute approximate surface area is 81.6 Å². The largest absolute Gasteiger partial charge is 0.389 e. The van der Waals surface area contributed by atoms with Crippen molar-refractivity contribution >= 4 is 6.29 Å². The average Bonchev–Trinajstić information content (AvgIpc) is 2.43. The van der Waals surface area contributed by atoms with Crippen LogP contribution in [0.1, 0.15) is 29.9 Å². The summed E-state index contributed by atoms with van der Waals surface area (Å²) in [6.45, 7) is 3.50. The molecule has 1 heterocycles. The quantitative estimate of drug-likeness (QED) is 0.702. The Morgan fingerprint density at radius 2 is 2.43 bits per heavy atom. The highest BCUT2D eigenvalue weighted by Crippen LogP contribution is 2.08. The summed E-state index contributed by atoms with van der Waals surface area (Å²) in [4.78, 5) is 10.5. The van der Waals surface area contributed by atoms with E-state index in [0.717, 1.165) is 0 Å². The first-order chi connectivity index (χ1) is 6.46. The summed E-state index contributed by atoms with van der Waals surface area (Å²) in [6, 6.07) is 1.81. The number of nitriles is 1. The molecule has 0 aliphatic carbocycles. The molecule has 0 unspecified atom stereocenters. The zero-order valence-electron chi connectivity index (χ0n) is 8.06. The average molecular weight is 193 g/mol. The van der Waals surface area contributed by atoms with E-state index in [1.807, 2.05) is 6.07 Å². The van der Waals surface area contributed by atoms with E-state index in [-0.39, 0.29) is 17.8 Å². The topological polar surface area (TPSA) is 78.9 Å². The highest BCUT2D eigenvalue weighted by atomic mass is 16.3. The van der Waals surface area contributed by atoms with Crippen LogP contribution in [0, 0.1) is 11.3 Å². The van der Waals surface area contributed by atoms with Gasteiger partial charge in [-0.3, -0.25) is 9.48 Å². The number of hydrogen-bond donors (Lipinski definition) is 1. The predicted molar refractivity (Wildman–Crippen MR) is 48.6 cm³/mol. The van der Waals surface area contributed by atoms with Gasteiger partial charge in [0, 0.05) is 6.20 Å². The minimum atomic E-state index is -0.918. The number of aromatic nitrogens is 2. The lowest BCUT2D eigenvalue weighted by Crippen LogP contribution is -2.26. The van der Waals surface area contributed by atoms with Crippen LogP contribution in [-0.2, 0) is 6.54 Å². The number of nitrogens with zero attached hydrogens (tertiary/aromatic N) is 3. The van der Waals surface area contributed by atoms with Gasteiger partial charge in [-0.25, -0.2) is 0 Å². The zero-order chi connectivity index (χ0) is 10.8. The van der Waals surface area contributed by atoms with Crippen LogP contribution < -0.4 is 0 Å². The predicted octanol–water partition coefficient (Wildman–Crippen LogP) is 0.338. The maximum absolute atomic E-state index is 10.5. The monoisotopic (exact) mass is 193 g/mol. The van der Waals surface area contributed by atoms with E-state index in [1.165, 1.54) is 10.9 Å². The van der Waals surface area contributed by atoms with Gasteiger partial charge in [0.25, 0.3) is 0 Å². The molecule has 5 heteroatoms. The van der Waals surface area contributed by atoms with Crippen molar-refractivity contribution in [2.75, 3.05) is 0 Å². The van der Waals surface area contributed by atoms with Gasteiger partial charge in [0.05, 0.1) is 17.7 Å². The second-order valence-corrected chi connectivity index (χ2v) is 3.67. The lowest BCUT2D eigenvalue weighted by Gasteiger charge is -2.16. The molecule has 5 nitrogen and oxygen atoms in total. The first-order valence-electron chi connectivity index (χ1n) is 4.11. The lowest BCUT2D eigenvalue weighted by molar-refractivity contribution is 0.0576. The summed E-state index contributed by atoms with van der Waals surface area (Å²) in [7, 11) is 0. The number of carbonyl (C=O) groups is 1. The van der Waals surface area contributed by atoms with Gasteiger partial charge in [0.1, 0.15) is 6.07 Å². The van der Waals surface area contributed by atoms with E-state index < -0.39 is 5.60 Å². The number of aldehydes is 1. The standard InChI is InChI=1S/C9H11N3O2/c1-9(2,14)6-12-4-7(5-13)8(3-10)11-12/h4-5,14H,6H2,1-2H3. The van der Waals surface area contributed by atoms with Crippen molar-refractivity contribution in [3.05, 3.63) is 17.5 Å². The fraction of sp³-hybridized carbons (Fsp3) is 0.444. The van der Waals surface area contributed by atoms with Gasteiger partial charge in [0.15, 0.2) is 12.0 Å². The molecule has 0 amide bonds. The van der Waals surface area contributed by atoms with Crippen molar-refractivity contribution in [3.63, 3.8) is 0 Å². The van der Waals surface area contributed by atoms with Crippen LogP contribution in [0.2, 0.25) is 0 Å². The number of rotatable bonds is 3. The molecule has 0 bridgehead atoms. The minimum Gasteiger partial charge on any atom is -0.389 e. The smallest absolute Gasteiger partial charge is 0.172 e. The Morgan fingerprint density at radius 1 is 1.79 bits per heavy atom. The molecule has 1 aromatic rings. The molecule has 0 aromatic carbocycles. The highest BCUT2D eigenvalue weighted by Gasteiger charge is 2.16. The molecule has 1 rings (SSSR count). The van der Waals surface area contributed by atoms with E-state index in [4.69, 9.17) is 5.26 Å². The molecule has 1 aromatic heterocycles. The summed E-state index contributed by atoms with van der Waals surface area (Å²) < 4.78 is 1.39. The number of carbonyl (C=O) groups excluding carboxylic acids is 1. The van der Waals surface area contributed by atoms with Crippen molar-refractivity contribution in [2.45, 2.75) is 26.0 Å². The summed E-state index contributed by atoms with van der Waals surface area (Å²) in [6.07, 6.45) is 2.02. The fourth-order valence-electron chi connectivity index (χ4n) is 1.09. The second-order valence-electron chi connectivity index (χ2n) is 3.67. The Morgan fingerprint density at radius 3 is 2.79 bits per heavy atom. The van der Waals surface area contributed by atoms with Crippen LogP contribution >= 0.6 is 0 Å². The van der Waals surface area contributed by atoms with E-state index in [2.05, 4.69) is 5.10 Å². The first kappa shape index (κ1) is 10.4. The molecule has 0 aliphatic heterocycles. The van der Waals surface area contributed by atoms with E-state index in [9.17, 15) is 9.90 Å². The molecule has 0 radical (unpaired) electrons. The second kappa shape index (κ2) is 3.60. The minimum absolute atomic E-state index is 0.0873. The summed E-state index contributed by atoms with van der Waals surface area (Å²) >= 11 is 0. The van der Waals surface area contributed by atoms with Crippen molar-refractivity contribution < 1.29 is 9.90 Å². The molecular formula is C9H11N3O2. The fourth-order valence-corrected chi connectivity index (χ4v) is 1.09. The van der Waals surface area contributed by atoms with Crippen LogP contribution in [0.25, 0.3) is 0 Å². The molecule has 0 atom stereocenters. The molecule has 0 fully saturated rings. The Hall–Kier alpha value is -1.67. The number of hydrogen-bond acceptors (Lipinski definition) is 4. The SMILES string of the molecule is CC(C)(O)Cn1cc(C=O)c(C#N)n1. The Balaban J connectivity index is 2.97. The van der Waals surface area contributed by atoms with Crippen LogP contribution in [0.3, 0.4) is 0 Å². The van der Waals surface area contributed by atoms with Gasteiger partial charge in [-0.15, -0.1) is 0 Å². The van der Waals surface area contributed by atoms with Gasteiger partial charge in [-0.2, -0.15) is 10.4 Å². The van der Waals surface area contributed by atoms with Gasteiger partial charge >= 0.3 is 0 Å². The molecule has 14 heavy (non-hydrogen) atoms. The van der Waals surface area contributed by atoms with Gasteiger partial charge < -0.3 is 5.11 Å². The van der Waals surface area contributed by atoms with Crippen LogP contribution in [0.15, 0.2) is 6.20 Å². The van der Waals surface area contributed by atoms with Crippen LogP contribution in [-0.4, -0.2) is 26.8 Å². The zero-order valence-corrected chi connectivity index (χ0v) is 8.06. The summed E-state index contributed by atoms with van der Waals surface area (Å²) in [5, 5.41) is 21.9. The van der Waals surface area contributed by atoms with Crippen molar-refractivity contribution in [3.8, 4) is 6.07 Å². The van der Waals surface area contributed by atoms with Gasteiger partial charge in [-0.1, -0.05) is 0 Å².